The molecule has 1 aromatic carbocycles. The van der Waals surface area contributed by atoms with E-state index in [1.165, 1.54) is 12.8 Å². The lowest BCUT2D eigenvalue weighted by Gasteiger charge is -2.18. The maximum Gasteiger partial charge on any atom is 0.229 e. The molecule has 1 fully saturated rings. The Labute approximate surface area is 134 Å². The van der Waals surface area contributed by atoms with Crippen LogP contribution in [0.25, 0.3) is 0 Å². The van der Waals surface area contributed by atoms with E-state index in [1.54, 1.807) is 18.2 Å². The maximum atomic E-state index is 6.17. The highest BCUT2D eigenvalue weighted by molar-refractivity contribution is 6.35. The van der Waals surface area contributed by atoms with Gasteiger partial charge in [-0.15, -0.1) is 0 Å². The van der Waals surface area contributed by atoms with Crippen LogP contribution in [0.15, 0.2) is 24.3 Å². The van der Waals surface area contributed by atoms with Gasteiger partial charge >= 0.3 is 0 Å². The molecule has 1 aromatic heterocycles. The number of nitrogens with zero attached hydrogens (tertiary/aromatic N) is 3. The van der Waals surface area contributed by atoms with Crippen molar-refractivity contribution in [1.29, 1.82) is 0 Å². The third-order valence-electron chi connectivity index (χ3n) is 3.45. The van der Waals surface area contributed by atoms with Gasteiger partial charge < -0.3 is 10.2 Å². The van der Waals surface area contributed by atoms with Crippen molar-refractivity contribution >= 4 is 40.7 Å². The van der Waals surface area contributed by atoms with Gasteiger partial charge in [0.05, 0.1) is 10.7 Å². The molecule has 4 nitrogen and oxygen atoms in total. The van der Waals surface area contributed by atoms with Gasteiger partial charge in [-0.2, -0.15) is 4.98 Å². The maximum absolute atomic E-state index is 6.17. The zero-order valence-corrected chi connectivity index (χ0v) is 13.2. The van der Waals surface area contributed by atoms with Crippen LogP contribution in [0.1, 0.15) is 18.5 Å². The lowest BCUT2D eigenvalue weighted by molar-refractivity contribution is 0.923. The molecule has 1 N–H and O–H groups in total. The molecule has 21 heavy (non-hydrogen) atoms. The lowest BCUT2D eigenvalue weighted by atomic mass is 10.3. The van der Waals surface area contributed by atoms with Crippen LogP contribution in [-0.4, -0.2) is 23.1 Å². The summed E-state index contributed by atoms with van der Waals surface area (Å²) in [5, 5.41) is 4.36. The molecule has 1 saturated heterocycles. The number of halogens is 2. The summed E-state index contributed by atoms with van der Waals surface area (Å²) in [5.74, 6) is 1.50. The molecule has 0 amide bonds. The number of anilines is 3. The molecular weight excluding hydrogens is 307 g/mol. The van der Waals surface area contributed by atoms with Crippen LogP contribution in [0.4, 0.5) is 17.5 Å². The van der Waals surface area contributed by atoms with E-state index in [1.807, 2.05) is 13.0 Å². The summed E-state index contributed by atoms with van der Waals surface area (Å²) in [5.41, 5.74) is 1.63. The minimum absolute atomic E-state index is 0.543. The first kappa shape index (κ1) is 14.4. The van der Waals surface area contributed by atoms with Gasteiger partial charge in [0.25, 0.3) is 0 Å². The van der Waals surface area contributed by atoms with Gasteiger partial charge in [-0.3, -0.25) is 0 Å². The minimum Gasteiger partial charge on any atom is -0.356 e. The van der Waals surface area contributed by atoms with E-state index >= 15 is 0 Å². The molecule has 2 aromatic rings. The lowest BCUT2D eigenvalue weighted by Crippen LogP contribution is -2.19. The first-order valence-corrected chi connectivity index (χ1v) is 7.70. The van der Waals surface area contributed by atoms with Crippen LogP contribution >= 0.6 is 23.2 Å². The number of nitrogens with one attached hydrogen (secondary N) is 1. The quantitative estimate of drug-likeness (QED) is 0.907. The number of hydrogen-bond acceptors (Lipinski definition) is 4. The molecule has 3 rings (SSSR count). The van der Waals surface area contributed by atoms with Gasteiger partial charge in [0.2, 0.25) is 5.95 Å². The Morgan fingerprint density at radius 2 is 1.86 bits per heavy atom. The van der Waals surface area contributed by atoms with E-state index in [-0.39, 0.29) is 0 Å². The van der Waals surface area contributed by atoms with Crippen molar-refractivity contribution in [2.45, 2.75) is 19.8 Å². The molecule has 0 bridgehead atoms. The number of aryl methyl sites for hydroxylation is 1. The molecule has 110 valence electrons. The topological polar surface area (TPSA) is 41.1 Å². The molecular formula is C15H16Cl2N4. The Morgan fingerprint density at radius 3 is 2.62 bits per heavy atom. The Balaban J connectivity index is 1.89. The predicted octanol–water partition coefficient (Wildman–Crippen LogP) is 4.44. The van der Waals surface area contributed by atoms with E-state index in [0.717, 1.165) is 24.6 Å². The summed E-state index contributed by atoms with van der Waals surface area (Å²) in [6.07, 6.45) is 2.43. The smallest absolute Gasteiger partial charge is 0.229 e. The molecule has 6 heteroatoms. The Kier molecular flexibility index (Phi) is 4.17. The zero-order chi connectivity index (χ0) is 14.8. The molecule has 0 unspecified atom stereocenters. The normalized spacial score (nSPS) is 14.5. The molecule has 0 radical (unpaired) electrons. The number of aromatic nitrogens is 2. The molecule has 0 atom stereocenters. The number of benzene rings is 1. The Morgan fingerprint density at radius 1 is 1.10 bits per heavy atom. The zero-order valence-electron chi connectivity index (χ0n) is 11.7. The van der Waals surface area contributed by atoms with Crippen molar-refractivity contribution in [1.82, 2.24) is 9.97 Å². The van der Waals surface area contributed by atoms with E-state index in [2.05, 4.69) is 20.2 Å². The van der Waals surface area contributed by atoms with Crippen LogP contribution in [0.3, 0.4) is 0 Å². The highest BCUT2D eigenvalue weighted by atomic mass is 35.5. The molecule has 0 aliphatic carbocycles. The predicted molar refractivity (Wildman–Crippen MR) is 88.0 cm³/mol. The largest absolute Gasteiger partial charge is 0.356 e. The van der Waals surface area contributed by atoms with Crippen LogP contribution in [0.5, 0.6) is 0 Å². The molecule has 0 saturated carbocycles. The monoisotopic (exact) mass is 322 g/mol. The minimum atomic E-state index is 0.543. The summed E-state index contributed by atoms with van der Waals surface area (Å²) < 4.78 is 0. The van der Waals surface area contributed by atoms with E-state index < -0.39 is 0 Å². The highest BCUT2D eigenvalue weighted by Gasteiger charge is 2.15. The number of rotatable bonds is 3. The van der Waals surface area contributed by atoms with Gasteiger partial charge in [-0.1, -0.05) is 23.2 Å². The van der Waals surface area contributed by atoms with Gasteiger partial charge in [0, 0.05) is 29.9 Å². The number of hydrogen-bond donors (Lipinski definition) is 1. The van der Waals surface area contributed by atoms with Crippen molar-refractivity contribution in [2.24, 2.45) is 0 Å². The fourth-order valence-corrected chi connectivity index (χ4v) is 2.77. The molecule has 2 heterocycles. The van der Waals surface area contributed by atoms with E-state index in [0.29, 0.717) is 21.7 Å². The SMILES string of the molecule is Cc1cc(N2CCCC2)nc(Nc2cc(Cl)ccc2Cl)n1. The van der Waals surface area contributed by atoms with Crippen molar-refractivity contribution < 1.29 is 0 Å². The van der Waals surface area contributed by atoms with Gasteiger partial charge in [-0.25, -0.2) is 4.98 Å². The van der Waals surface area contributed by atoms with Gasteiger partial charge in [-0.05, 0) is 38.0 Å². The molecule has 0 spiro atoms. The molecule has 1 aliphatic heterocycles. The highest BCUT2D eigenvalue weighted by Crippen LogP contribution is 2.28. The Hall–Kier alpha value is -1.52. The fraction of sp³-hybridized carbons (Fsp3) is 0.333. The second-order valence-corrected chi connectivity index (χ2v) is 5.98. The van der Waals surface area contributed by atoms with Crippen molar-refractivity contribution in [3.05, 3.63) is 40.0 Å². The van der Waals surface area contributed by atoms with Crippen LogP contribution < -0.4 is 10.2 Å². The van der Waals surface area contributed by atoms with Gasteiger partial charge in [0.1, 0.15) is 5.82 Å². The van der Waals surface area contributed by atoms with Crippen molar-refractivity contribution in [3.63, 3.8) is 0 Å². The summed E-state index contributed by atoms with van der Waals surface area (Å²) in [7, 11) is 0. The summed E-state index contributed by atoms with van der Waals surface area (Å²) in [4.78, 5) is 11.3. The first-order valence-electron chi connectivity index (χ1n) is 6.94. The summed E-state index contributed by atoms with van der Waals surface area (Å²) in [6.45, 7) is 4.06. The second kappa shape index (κ2) is 6.08. The third kappa shape index (κ3) is 3.39. The third-order valence-corrected chi connectivity index (χ3v) is 4.01. The van der Waals surface area contributed by atoms with Gasteiger partial charge in [0.15, 0.2) is 0 Å². The van der Waals surface area contributed by atoms with Crippen LogP contribution in [0, 0.1) is 6.92 Å². The van der Waals surface area contributed by atoms with Crippen LogP contribution in [-0.2, 0) is 0 Å². The summed E-state index contributed by atoms with van der Waals surface area (Å²) in [6, 6.07) is 7.28. The van der Waals surface area contributed by atoms with E-state index in [4.69, 9.17) is 23.2 Å². The van der Waals surface area contributed by atoms with Crippen molar-refractivity contribution in [2.75, 3.05) is 23.3 Å². The van der Waals surface area contributed by atoms with Crippen molar-refractivity contribution in [3.8, 4) is 0 Å². The second-order valence-electron chi connectivity index (χ2n) is 5.13. The first-order chi connectivity index (χ1) is 10.1. The summed E-state index contributed by atoms with van der Waals surface area (Å²) >= 11 is 12.2. The van der Waals surface area contributed by atoms with Crippen LogP contribution in [0.2, 0.25) is 10.0 Å². The molecule has 1 aliphatic rings. The Bertz CT molecular complexity index is 654. The average Bonchev–Trinajstić information content (AvgIpc) is 2.96. The fourth-order valence-electron chi connectivity index (χ4n) is 2.43. The standard InChI is InChI=1S/C15H16Cl2N4/c1-10-8-14(21-6-2-3-7-21)20-15(18-10)19-13-9-11(16)4-5-12(13)17/h4-5,8-9H,2-3,6-7H2,1H3,(H,18,19,20). The van der Waals surface area contributed by atoms with E-state index in [9.17, 15) is 0 Å². The average molecular weight is 323 g/mol.